The SMILES string of the molecule is O=C(CC1CCCNC1)N1CC=CC1. The van der Waals surface area contributed by atoms with E-state index in [1.165, 1.54) is 12.8 Å². The number of rotatable bonds is 2. The van der Waals surface area contributed by atoms with Crippen LogP contribution >= 0.6 is 0 Å². The number of hydrogen-bond acceptors (Lipinski definition) is 2. The van der Waals surface area contributed by atoms with Gasteiger partial charge >= 0.3 is 0 Å². The summed E-state index contributed by atoms with van der Waals surface area (Å²) in [6.07, 6.45) is 7.29. The zero-order valence-electron chi connectivity index (χ0n) is 8.54. The van der Waals surface area contributed by atoms with E-state index < -0.39 is 0 Å². The summed E-state index contributed by atoms with van der Waals surface area (Å²) in [4.78, 5) is 13.7. The van der Waals surface area contributed by atoms with Gasteiger partial charge in [-0.05, 0) is 31.8 Å². The minimum Gasteiger partial charge on any atom is -0.335 e. The monoisotopic (exact) mass is 194 g/mol. The van der Waals surface area contributed by atoms with Gasteiger partial charge in [0.25, 0.3) is 0 Å². The van der Waals surface area contributed by atoms with Crippen molar-refractivity contribution >= 4 is 5.91 Å². The molecule has 3 heteroatoms. The maximum atomic E-state index is 11.8. The predicted octanol–water partition coefficient (Wildman–Crippen LogP) is 0.774. The number of carbonyl (C=O) groups excluding carboxylic acids is 1. The van der Waals surface area contributed by atoms with Gasteiger partial charge in [-0.25, -0.2) is 0 Å². The van der Waals surface area contributed by atoms with Crippen molar-refractivity contribution in [1.82, 2.24) is 10.2 Å². The van der Waals surface area contributed by atoms with E-state index in [0.717, 1.165) is 32.6 Å². The Hall–Kier alpha value is -0.830. The van der Waals surface area contributed by atoms with Gasteiger partial charge in [-0.15, -0.1) is 0 Å². The summed E-state index contributed by atoms with van der Waals surface area (Å²) < 4.78 is 0. The molecule has 1 atom stereocenters. The standard InChI is InChI=1S/C11H18N2O/c14-11(13-6-1-2-7-13)8-10-4-3-5-12-9-10/h1-2,10,12H,3-9H2. The van der Waals surface area contributed by atoms with Crippen LogP contribution < -0.4 is 5.32 Å². The highest BCUT2D eigenvalue weighted by atomic mass is 16.2. The molecular weight excluding hydrogens is 176 g/mol. The molecule has 0 aromatic heterocycles. The van der Waals surface area contributed by atoms with Crippen molar-refractivity contribution in [2.24, 2.45) is 5.92 Å². The van der Waals surface area contributed by atoms with Crippen LogP contribution in [0.3, 0.4) is 0 Å². The lowest BCUT2D eigenvalue weighted by Gasteiger charge is -2.24. The summed E-state index contributed by atoms with van der Waals surface area (Å²) in [5, 5.41) is 3.34. The zero-order valence-corrected chi connectivity index (χ0v) is 8.54. The lowest BCUT2D eigenvalue weighted by Crippen LogP contribution is -2.35. The molecule has 0 bridgehead atoms. The van der Waals surface area contributed by atoms with E-state index in [4.69, 9.17) is 0 Å². The molecule has 0 aromatic carbocycles. The van der Waals surface area contributed by atoms with Crippen LogP contribution in [0, 0.1) is 5.92 Å². The van der Waals surface area contributed by atoms with Gasteiger partial charge in [0, 0.05) is 19.5 Å². The molecule has 0 aliphatic carbocycles. The highest BCUT2D eigenvalue weighted by molar-refractivity contribution is 5.77. The quantitative estimate of drug-likeness (QED) is 0.659. The van der Waals surface area contributed by atoms with Crippen LogP contribution in [-0.4, -0.2) is 37.0 Å². The first-order valence-electron chi connectivity index (χ1n) is 5.50. The van der Waals surface area contributed by atoms with Crippen molar-refractivity contribution in [3.63, 3.8) is 0 Å². The Morgan fingerprint density at radius 2 is 2.21 bits per heavy atom. The van der Waals surface area contributed by atoms with Crippen molar-refractivity contribution in [2.45, 2.75) is 19.3 Å². The predicted molar refractivity (Wildman–Crippen MR) is 55.9 cm³/mol. The molecule has 0 aromatic rings. The van der Waals surface area contributed by atoms with Crippen LogP contribution in [0.25, 0.3) is 0 Å². The Morgan fingerprint density at radius 1 is 1.43 bits per heavy atom. The fraction of sp³-hybridized carbons (Fsp3) is 0.727. The van der Waals surface area contributed by atoms with Gasteiger partial charge < -0.3 is 10.2 Å². The second-order valence-electron chi connectivity index (χ2n) is 4.19. The van der Waals surface area contributed by atoms with Gasteiger partial charge in [-0.2, -0.15) is 0 Å². The summed E-state index contributed by atoms with van der Waals surface area (Å²) in [6.45, 7) is 3.78. The third-order valence-electron chi connectivity index (χ3n) is 3.03. The molecule has 2 heterocycles. The van der Waals surface area contributed by atoms with E-state index in [0.29, 0.717) is 11.8 Å². The zero-order chi connectivity index (χ0) is 9.80. The molecule has 1 amide bonds. The van der Waals surface area contributed by atoms with Crippen LogP contribution in [-0.2, 0) is 4.79 Å². The molecule has 0 saturated carbocycles. The highest BCUT2D eigenvalue weighted by Crippen LogP contribution is 2.16. The Kier molecular flexibility index (Phi) is 3.19. The first-order valence-corrected chi connectivity index (χ1v) is 5.50. The van der Waals surface area contributed by atoms with E-state index in [9.17, 15) is 4.79 Å². The smallest absolute Gasteiger partial charge is 0.223 e. The molecule has 14 heavy (non-hydrogen) atoms. The molecule has 0 spiro atoms. The highest BCUT2D eigenvalue weighted by Gasteiger charge is 2.20. The molecule has 1 fully saturated rings. The van der Waals surface area contributed by atoms with Gasteiger partial charge in [0.15, 0.2) is 0 Å². The van der Waals surface area contributed by atoms with Gasteiger partial charge in [0.1, 0.15) is 0 Å². The number of nitrogens with zero attached hydrogens (tertiary/aromatic N) is 1. The molecule has 2 aliphatic heterocycles. The third kappa shape index (κ3) is 2.35. The van der Waals surface area contributed by atoms with E-state index in [1.807, 2.05) is 4.90 Å². The summed E-state index contributed by atoms with van der Waals surface area (Å²) >= 11 is 0. The summed E-state index contributed by atoms with van der Waals surface area (Å²) in [6, 6.07) is 0. The number of amides is 1. The van der Waals surface area contributed by atoms with Crippen LogP contribution in [0.15, 0.2) is 12.2 Å². The van der Waals surface area contributed by atoms with Crippen LogP contribution in [0.4, 0.5) is 0 Å². The largest absolute Gasteiger partial charge is 0.335 e. The lowest BCUT2D eigenvalue weighted by molar-refractivity contribution is -0.130. The molecule has 2 rings (SSSR count). The van der Waals surface area contributed by atoms with Crippen molar-refractivity contribution in [3.8, 4) is 0 Å². The minimum atomic E-state index is 0.323. The molecule has 3 nitrogen and oxygen atoms in total. The summed E-state index contributed by atoms with van der Waals surface area (Å²) in [5.74, 6) is 0.889. The van der Waals surface area contributed by atoms with E-state index in [1.54, 1.807) is 0 Å². The number of carbonyl (C=O) groups is 1. The lowest BCUT2D eigenvalue weighted by atomic mass is 9.96. The summed E-state index contributed by atoms with van der Waals surface area (Å²) in [7, 11) is 0. The first kappa shape index (κ1) is 9.71. The fourth-order valence-corrected chi connectivity index (χ4v) is 2.16. The Balaban J connectivity index is 1.75. The van der Waals surface area contributed by atoms with Gasteiger partial charge in [-0.1, -0.05) is 12.2 Å². The molecule has 1 unspecified atom stereocenters. The van der Waals surface area contributed by atoms with Crippen LogP contribution in [0.2, 0.25) is 0 Å². The molecule has 2 aliphatic rings. The second kappa shape index (κ2) is 4.60. The number of nitrogens with one attached hydrogen (secondary N) is 1. The normalized spacial score (nSPS) is 26.9. The van der Waals surface area contributed by atoms with E-state index in [-0.39, 0.29) is 0 Å². The molecule has 1 saturated heterocycles. The molecular formula is C11H18N2O. The van der Waals surface area contributed by atoms with Crippen molar-refractivity contribution < 1.29 is 4.79 Å². The van der Waals surface area contributed by atoms with Gasteiger partial charge in [-0.3, -0.25) is 4.79 Å². The Labute approximate surface area is 85.2 Å². The molecule has 78 valence electrons. The maximum Gasteiger partial charge on any atom is 0.223 e. The van der Waals surface area contributed by atoms with Gasteiger partial charge in [0.05, 0.1) is 0 Å². The van der Waals surface area contributed by atoms with Crippen molar-refractivity contribution in [2.75, 3.05) is 26.2 Å². The molecule has 1 N–H and O–H groups in total. The van der Waals surface area contributed by atoms with Crippen LogP contribution in [0.5, 0.6) is 0 Å². The third-order valence-corrected chi connectivity index (χ3v) is 3.03. The second-order valence-corrected chi connectivity index (χ2v) is 4.19. The fourth-order valence-electron chi connectivity index (χ4n) is 2.16. The van der Waals surface area contributed by atoms with Gasteiger partial charge in [0.2, 0.25) is 5.91 Å². The minimum absolute atomic E-state index is 0.323. The maximum absolute atomic E-state index is 11.8. The molecule has 0 radical (unpaired) electrons. The van der Waals surface area contributed by atoms with E-state index >= 15 is 0 Å². The number of piperidine rings is 1. The topological polar surface area (TPSA) is 32.3 Å². The Morgan fingerprint density at radius 3 is 2.86 bits per heavy atom. The number of hydrogen-bond donors (Lipinski definition) is 1. The van der Waals surface area contributed by atoms with Crippen LogP contribution in [0.1, 0.15) is 19.3 Å². The Bertz CT molecular complexity index is 223. The van der Waals surface area contributed by atoms with Crippen molar-refractivity contribution in [3.05, 3.63) is 12.2 Å². The first-order chi connectivity index (χ1) is 6.86. The average Bonchev–Trinajstić information content (AvgIpc) is 2.72. The average molecular weight is 194 g/mol. The van der Waals surface area contributed by atoms with Crippen molar-refractivity contribution in [1.29, 1.82) is 0 Å². The summed E-state index contributed by atoms with van der Waals surface area (Å²) in [5.41, 5.74) is 0. The van der Waals surface area contributed by atoms with E-state index in [2.05, 4.69) is 17.5 Å².